The second-order valence-corrected chi connectivity index (χ2v) is 6.83. The molecular weight excluding hydrogens is 253 g/mol. The summed E-state index contributed by atoms with van der Waals surface area (Å²) in [7, 11) is -0.411. The highest BCUT2D eigenvalue weighted by molar-refractivity contribution is 6.62. The fourth-order valence-corrected chi connectivity index (χ4v) is 2.50. The van der Waals surface area contributed by atoms with E-state index in [1.807, 2.05) is 40.0 Å². The van der Waals surface area contributed by atoms with Crippen molar-refractivity contribution >= 4 is 12.6 Å². The van der Waals surface area contributed by atoms with Gasteiger partial charge in [-0.25, -0.2) is 0 Å². The van der Waals surface area contributed by atoms with Crippen molar-refractivity contribution in [2.75, 3.05) is 0 Å². The van der Waals surface area contributed by atoms with E-state index in [-0.39, 0.29) is 17.8 Å². The molecule has 2 aliphatic rings. The highest BCUT2D eigenvalue weighted by Gasteiger charge is 2.52. The number of aliphatic hydroxyl groups excluding tert-OH is 1. The summed E-state index contributed by atoms with van der Waals surface area (Å²) in [5.74, 6) is 0.532. The maximum atomic E-state index is 9.55. The molecule has 0 atom stereocenters. The smallest absolute Gasteiger partial charge is 0.399 e. The van der Waals surface area contributed by atoms with Crippen LogP contribution in [-0.4, -0.2) is 28.4 Å². The molecule has 1 aromatic rings. The first kappa shape index (κ1) is 14.0. The van der Waals surface area contributed by atoms with Crippen LogP contribution in [0.3, 0.4) is 0 Å². The van der Waals surface area contributed by atoms with Gasteiger partial charge in [0.2, 0.25) is 0 Å². The number of hydrogen-bond acceptors (Lipinski definition) is 4. The van der Waals surface area contributed by atoms with Crippen molar-refractivity contribution in [2.24, 2.45) is 0 Å². The molecule has 0 bridgehead atoms. The van der Waals surface area contributed by atoms with Crippen molar-refractivity contribution in [3.63, 3.8) is 0 Å². The van der Waals surface area contributed by atoms with Crippen molar-refractivity contribution in [1.29, 1.82) is 0 Å². The first-order valence-electron chi connectivity index (χ1n) is 7.29. The Kier molecular flexibility index (Phi) is 3.20. The zero-order valence-electron chi connectivity index (χ0n) is 12.6. The predicted molar refractivity (Wildman–Crippen MR) is 77.9 cm³/mol. The quantitative estimate of drug-likeness (QED) is 0.854. The van der Waals surface area contributed by atoms with Gasteiger partial charge in [0.15, 0.2) is 0 Å². The Bertz CT molecular complexity index is 510. The first-order valence-corrected chi connectivity index (χ1v) is 7.29. The van der Waals surface area contributed by atoms with Crippen LogP contribution in [0.1, 0.15) is 57.7 Å². The lowest BCUT2D eigenvalue weighted by molar-refractivity contribution is 0.00578. The lowest BCUT2D eigenvalue weighted by Crippen LogP contribution is -2.41. The third kappa shape index (κ3) is 2.28. The molecule has 0 radical (unpaired) electrons. The molecule has 1 aliphatic heterocycles. The molecule has 1 aliphatic carbocycles. The zero-order chi connectivity index (χ0) is 14.5. The molecule has 4 nitrogen and oxygen atoms in total. The molecule has 1 N–H and O–H groups in total. The van der Waals surface area contributed by atoms with Gasteiger partial charge < -0.3 is 14.4 Å². The summed E-state index contributed by atoms with van der Waals surface area (Å²) >= 11 is 0. The van der Waals surface area contributed by atoms with Crippen LogP contribution >= 0.6 is 0 Å². The summed E-state index contributed by atoms with van der Waals surface area (Å²) in [5, 5.41) is 9.55. The maximum Gasteiger partial charge on any atom is 0.496 e. The maximum absolute atomic E-state index is 9.55. The summed E-state index contributed by atoms with van der Waals surface area (Å²) in [5.41, 5.74) is 2.11. The Morgan fingerprint density at radius 2 is 1.85 bits per heavy atom. The largest absolute Gasteiger partial charge is 0.496 e. The van der Waals surface area contributed by atoms with E-state index in [1.165, 1.54) is 12.8 Å². The van der Waals surface area contributed by atoms with E-state index >= 15 is 0 Å². The molecule has 108 valence electrons. The van der Waals surface area contributed by atoms with Gasteiger partial charge in [-0.1, -0.05) is 6.07 Å². The molecule has 3 rings (SSSR count). The Hall–Kier alpha value is -0.905. The summed E-state index contributed by atoms with van der Waals surface area (Å²) in [4.78, 5) is 4.53. The third-order valence-electron chi connectivity index (χ3n) is 4.68. The van der Waals surface area contributed by atoms with Crippen LogP contribution in [0.4, 0.5) is 0 Å². The lowest BCUT2D eigenvalue weighted by Gasteiger charge is -2.32. The highest BCUT2D eigenvalue weighted by Crippen LogP contribution is 2.40. The van der Waals surface area contributed by atoms with E-state index in [2.05, 4.69) is 4.98 Å². The summed E-state index contributed by atoms with van der Waals surface area (Å²) in [6, 6.07) is 1.98. The topological polar surface area (TPSA) is 51.6 Å². The molecule has 0 aromatic carbocycles. The standard InChI is InChI=1S/C15H22BNO3/c1-14(2)15(3,4)20-16(19-14)12-7-11(9-18)13(17-8-12)10-5-6-10/h7-8,10,18H,5-6,9H2,1-4H3. The predicted octanol–water partition coefficient (Wildman–Crippen LogP) is 1.75. The molecule has 1 saturated heterocycles. The lowest BCUT2D eigenvalue weighted by atomic mass is 9.79. The number of nitrogens with zero attached hydrogens (tertiary/aromatic N) is 1. The second-order valence-electron chi connectivity index (χ2n) is 6.83. The minimum absolute atomic E-state index is 0.0200. The Morgan fingerprint density at radius 1 is 1.25 bits per heavy atom. The molecule has 2 heterocycles. The van der Waals surface area contributed by atoms with Gasteiger partial charge in [0.25, 0.3) is 0 Å². The Labute approximate surface area is 120 Å². The monoisotopic (exact) mass is 275 g/mol. The Morgan fingerprint density at radius 3 is 2.35 bits per heavy atom. The first-order chi connectivity index (χ1) is 9.34. The highest BCUT2D eigenvalue weighted by atomic mass is 16.7. The van der Waals surface area contributed by atoms with Crippen LogP contribution in [-0.2, 0) is 15.9 Å². The van der Waals surface area contributed by atoms with E-state index < -0.39 is 7.12 Å². The van der Waals surface area contributed by atoms with E-state index in [1.54, 1.807) is 0 Å². The van der Waals surface area contributed by atoms with Crippen molar-refractivity contribution in [2.45, 2.75) is 64.3 Å². The van der Waals surface area contributed by atoms with E-state index in [0.29, 0.717) is 5.92 Å². The molecular formula is C15H22BNO3. The second kappa shape index (κ2) is 4.55. The van der Waals surface area contributed by atoms with Gasteiger partial charge in [-0.15, -0.1) is 0 Å². The number of aliphatic hydroxyl groups is 1. The summed E-state index contributed by atoms with van der Waals surface area (Å²) < 4.78 is 12.0. The molecule has 5 heteroatoms. The minimum Gasteiger partial charge on any atom is -0.399 e. The van der Waals surface area contributed by atoms with Gasteiger partial charge in [-0.3, -0.25) is 4.98 Å². The molecule has 0 unspecified atom stereocenters. The average molecular weight is 275 g/mol. The van der Waals surface area contributed by atoms with Gasteiger partial charge in [-0.05, 0) is 46.1 Å². The SMILES string of the molecule is CC1(C)OB(c2cnc(C3CC3)c(CO)c2)OC1(C)C. The van der Waals surface area contributed by atoms with Gasteiger partial charge in [-0.2, -0.15) is 0 Å². The van der Waals surface area contributed by atoms with E-state index in [9.17, 15) is 5.11 Å². The average Bonchev–Trinajstić information content (AvgIpc) is 3.17. The third-order valence-corrected chi connectivity index (χ3v) is 4.68. The number of hydrogen-bond donors (Lipinski definition) is 1. The van der Waals surface area contributed by atoms with Gasteiger partial charge in [0.05, 0.1) is 17.8 Å². The van der Waals surface area contributed by atoms with E-state index in [0.717, 1.165) is 16.7 Å². The zero-order valence-corrected chi connectivity index (χ0v) is 12.6. The van der Waals surface area contributed by atoms with Crippen molar-refractivity contribution < 1.29 is 14.4 Å². The van der Waals surface area contributed by atoms with Crippen LogP contribution in [0.2, 0.25) is 0 Å². The molecule has 1 saturated carbocycles. The van der Waals surface area contributed by atoms with Gasteiger partial charge >= 0.3 is 7.12 Å². The minimum atomic E-state index is -0.411. The van der Waals surface area contributed by atoms with Crippen molar-refractivity contribution in [3.05, 3.63) is 23.5 Å². The number of pyridine rings is 1. The normalized spacial score (nSPS) is 24.1. The van der Waals surface area contributed by atoms with Gasteiger partial charge in [0.1, 0.15) is 0 Å². The Balaban J connectivity index is 1.88. The van der Waals surface area contributed by atoms with Crippen LogP contribution in [0.5, 0.6) is 0 Å². The van der Waals surface area contributed by atoms with Crippen LogP contribution in [0.25, 0.3) is 0 Å². The fraction of sp³-hybridized carbons (Fsp3) is 0.667. The van der Waals surface area contributed by atoms with E-state index in [4.69, 9.17) is 9.31 Å². The molecule has 1 aromatic heterocycles. The number of aromatic nitrogens is 1. The fourth-order valence-electron chi connectivity index (χ4n) is 2.50. The number of rotatable bonds is 3. The summed E-state index contributed by atoms with van der Waals surface area (Å²) in [6.45, 7) is 8.15. The molecule has 2 fully saturated rings. The van der Waals surface area contributed by atoms with Crippen LogP contribution in [0.15, 0.2) is 12.3 Å². The van der Waals surface area contributed by atoms with Crippen molar-refractivity contribution in [1.82, 2.24) is 4.98 Å². The molecule has 0 spiro atoms. The molecule has 20 heavy (non-hydrogen) atoms. The summed E-state index contributed by atoms with van der Waals surface area (Å²) in [6.07, 6.45) is 4.18. The van der Waals surface area contributed by atoms with Gasteiger partial charge in [0, 0.05) is 23.3 Å². The van der Waals surface area contributed by atoms with Crippen LogP contribution in [0, 0.1) is 0 Å². The van der Waals surface area contributed by atoms with Crippen molar-refractivity contribution in [3.8, 4) is 0 Å². The molecule has 0 amide bonds. The van der Waals surface area contributed by atoms with Crippen LogP contribution < -0.4 is 5.46 Å².